The Labute approximate surface area is 94.6 Å². The standard InChI is InChI=1S/C12H16N4/c1-16-6-5-10(8-16)14-11-4-2-3-9-7-13-15-12(9)11/h2-4,7,10,14H,5-6,8H2,1H3,(H,13,15). The smallest absolute Gasteiger partial charge is 0.0881 e. The largest absolute Gasteiger partial charge is 0.379 e. The zero-order chi connectivity index (χ0) is 11.0. The van der Waals surface area contributed by atoms with Crippen molar-refractivity contribution in [2.75, 3.05) is 25.5 Å². The maximum Gasteiger partial charge on any atom is 0.0881 e. The van der Waals surface area contributed by atoms with Crippen LogP contribution in [0.1, 0.15) is 6.42 Å². The van der Waals surface area contributed by atoms with E-state index in [1.807, 2.05) is 6.20 Å². The number of aromatic nitrogens is 2. The summed E-state index contributed by atoms with van der Waals surface area (Å²) in [7, 11) is 2.17. The van der Waals surface area contributed by atoms with E-state index < -0.39 is 0 Å². The number of hydrogen-bond acceptors (Lipinski definition) is 3. The normalized spacial score (nSPS) is 21.7. The lowest BCUT2D eigenvalue weighted by Gasteiger charge is -2.14. The number of benzene rings is 1. The van der Waals surface area contributed by atoms with E-state index in [1.54, 1.807) is 0 Å². The van der Waals surface area contributed by atoms with E-state index in [-0.39, 0.29) is 0 Å². The molecule has 4 heteroatoms. The number of rotatable bonds is 2. The van der Waals surface area contributed by atoms with Crippen LogP contribution < -0.4 is 5.32 Å². The molecule has 1 fully saturated rings. The lowest BCUT2D eigenvalue weighted by atomic mass is 10.2. The summed E-state index contributed by atoms with van der Waals surface area (Å²) in [6.45, 7) is 2.29. The summed E-state index contributed by atoms with van der Waals surface area (Å²) in [5.41, 5.74) is 2.27. The van der Waals surface area contributed by atoms with E-state index in [2.05, 4.69) is 45.7 Å². The van der Waals surface area contributed by atoms with E-state index in [1.165, 1.54) is 13.0 Å². The highest BCUT2D eigenvalue weighted by molar-refractivity contribution is 5.90. The minimum atomic E-state index is 0.555. The fraction of sp³-hybridized carbons (Fsp3) is 0.417. The molecule has 1 aliphatic rings. The van der Waals surface area contributed by atoms with E-state index in [0.717, 1.165) is 23.1 Å². The van der Waals surface area contributed by atoms with Crippen LogP contribution in [0.4, 0.5) is 5.69 Å². The molecule has 2 heterocycles. The molecule has 0 radical (unpaired) electrons. The summed E-state index contributed by atoms with van der Waals surface area (Å²) in [5.74, 6) is 0. The second-order valence-electron chi connectivity index (χ2n) is 4.53. The van der Waals surface area contributed by atoms with Gasteiger partial charge in [0.25, 0.3) is 0 Å². The Morgan fingerprint density at radius 1 is 1.50 bits per heavy atom. The van der Waals surface area contributed by atoms with Crippen LogP contribution in [0.3, 0.4) is 0 Å². The molecule has 1 atom stereocenters. The quantitative estimate of drug-likeness (QED) is 0.802. The summed E-state index contributed by atoms with van der Waals surface area (Å²) in [4.78, 5) is 2.35. The molecule has 0 spiro atoms. The monoisotopic (exact) mass is 216 g/mol. The molecule has 0 aliphatic carbocycles. The van der Waals surface area contributed by atoms with Crippen molar-refractivity contribution in [1.29, 1.82) is 0 Å². The maximum absolute atomic E-state index is 4.08. The molecule has 0 bridgehead atoms. The number of nitrogens with one attached hydrogen (secondary N) is 2. The summed E-state index contributed by atoms with van der Waals surface area (Å²) in [6.07, 6.45) is 3.07. The third-order valence-corrected chi connectivity index (χ3v) is 3.23. The van der Waals surface area contributed by atoms with Crippen LogP contribution >= 0.6 is 0 Å². The molecule has 3 rings (SSSR count). The van der Waals surface area contributed by atoms with Crippen LogP contribution in [-0.2, 0) is 0 Å². The van der Waals surface area contributed by atoms with Crippen LogP contribution in [-0.4, -0.2) is 41.3 Å². The molecule has 1 unspecified atom stereocenters. The van der Waals surface area contributed by atoms with Gasteiger partial charge in [-0.15, -0.1) is 0 Å². The van der Waals surface area contributed by atoms with Gasteiger partial charge in [-0.3, -0.25) is 5.10 Å². The zero-order valence-corrected chi connectivity index (χ0v) is 9.40. The number of para-hydroxylation sites is 1. The third kappa shape index (κ3) is 1.65. The number of nitrogens with zero attached hydrogens (tertiary/aromatic N) is 2. The van der Waals surface area contributed by atoms with Crippen LogP contribution in [0.15, 0.2) is 24.4 Å². The Morgan fingerprint density at radius 2 is 2.44 bits per heavy atom. The molecule has 0 amide bonds. The third-order valence-electron chi connectivity index (χ3n) is 3.23. The zero-order valence-electron chi connectivity index (χ0n) is 9.40. The molecule has 16 heavy (non-hydrogen) atoms. The highest BCUT2D eigenvalue weighted by atomic mass is 15.2. The van der Waals surface area contributed by atoms with Crippen molar-refractivity contribution in [1.82, 2.24) is 15.1 Å². The molecule has 0 saturated carbocycles. The van der Waals surface area contributed by atoms with Crippen molar-refractivity contribution in [3.8, 4) is 0 Å². The number of aromatic amines is 1. The fourth-order valence-electron chi connectivity index (χ4n) is 2.36. The van der Waals surface area contributed by atoms with Crippen LogP contribution in [0.5, 0.6) is 0 Å². The molecule has 1 saturated heterocycles. The van der Waals surface area contributed by atoms with Gasteiger partial charge >= 0.3 is 0 Å². The topological polar surface area (TPSA) is 44.0 Å². The maximum atomic E-state index is 4.08. The van der Waals surface area contributed by atoms with Gasteiger partial charge in [0, 0.05) is 18.0 Å². The molecule has 2 N–H and O–H groups in total. The number of fused-ring (bicyclic) bond motifs is 1. The average molecular weight is 216 g/mol. The van der Waals surface area contributed by atoms with Crippen molar-refractivity contribution < 1.29 is 0 Å². The van der Waals surface area contributed by atoms with E-state index in [0.29, 0.717) is 6.04 Å². The number of likely N-dealkylation sites (tertiary alicyclic amines) is 1. The van der Waals surface area contributed by atoms with Gasteiger partial charge < -0.3 is 10.2 Å². The van der Waals surface area contributed by atoms with Crippen molar-refractivity contribution in [3.05, 3.63) is 24.4 Å². The molecule has 1 aromatic heterocycles. The van der Waals surface area contributed by atoms with Crippen LogP contribution in [0.2, 0.25) is 0 Å². The Morgan fingerprint density at radius 3 is 3.25 bits per heavy atom. The Bertz CT molecular complexity index is 490. The van der Waals surface area contributed by atoms with Gasteiger partial charge in [0.1, 0.15) is 0 Å². The van der Waals surface area contributed by atoms with Gasteiger partial charge in [0.05, 0.1) is 17.4 Å². The molecule has 2 aromatic rings. The van der Waals surface area contributed by atoms with Gasteiger partial charge in [0.15, 0.2) is 0 Å². The summed E-state index contributed by atoms with van der Waals surface area (Å²) in [5, 5.41) is 11.9. The first-order valence-corrected chi connectivity index (χ1v) is 5.70. The van der Waals surface area contributed by atoms with Gasteiger partial charge in [-0.1, -0.05) is 12.1 Å². The number of hydrogen-bond donors (Lipinski definition) is 2. The number of anilines is 1. The van der Waals surface area contributed by atoms with Gasteiger partial charge in [-0.25, -0.2) is 0 Å². The Kier molecular flexibility index (Phi) is 2.29. The molecular formula is C12H16N4. The highest BCUT2D eigenvalue weighted by Gasteiger charge is 2.19. The van der Waals surface area contributed by atoms with Gasteiger partial charge in [0.2, 0.25) is 0 Å². The number of H-pyrrole nitrogens is 1. The first-order valence-electron chi connectivity index (χ1n) is 5.70. The second-order valence-corrected chi connectivity index (χ2v) is 4.53. The molecular weight excluding hydrogens is 200 g/mol. The SMILES string of the molecule is CN1CCC(Nc2cccc3cn[nH]c23)C1. The predicted molar refractivity (Wildman–Crippen MR) is 65.6 cm³/mol. The van der Waals surface area contributed by atoms with E-state index >= 15 is 0 Å². The van der Waals surface area contributed by atoms with E-state index in [9.17, 15) is 0 Å². The van der Waals surface area contributed by atoms with Crippen molar-refractivity contribution in [2.45, 2.75) is 12.5 Å². The van der Waals surface area contributed by atoms with Crippen LogP contribution in [0.25, 0.3) is 10.9 Å². The summed E-state index contributed by atoms with van der Waals surface area (Å²) >= 11 is 0. The summed E-state index contributed by atoms with van der Waals surface area (Å²) in [6, 6.07) is 6.81. The first kappa shape index (κ1) is 9.66. The molecule has 84 valence electrons. The molecule has 4 nitrogen and oxygen atoms in total. The highest BCUT2D eigenvalue weighted by Crippen LogP contribution is 2.22. The van der Waals surface area contributed by atoms with E-state index in [4.69, 9.17) is 0 Å². The lowest BCUT2D eigenvalue weighted by molar-refractivity contribution is 0.414. The van der Waals surface area contributed by atoms with Crippen molar-refractivity contribution in [2.24, 2.45) is 0 Å². The predicted octanol–water partition coefficient (Wildman–Crippen LogP) is 1.68. The molecule has 1 aliphatic heterocycles. The average Bonchev–Trinajstić information content (AvgIpc) is 2.87. The van der Waals surface area contributed by atoms with Crippen molar-refractivity contribution in [3.63, 3.8) is 0 Å². The number of likely N-dealkylation sites (N-methyl/N-ethyl adjacent to an activating group) is 1. The Hall–Kier alpha value is -1.55. The summed E-state index contributed by atoms with van der Waals surface area (Å²) < 4.78 is 0. The van der Waals surface area contributed by atoms with Gasteiger partial charge in [-0.05, 0) is 26.1 Å². The minimum absolute atomic E-state index is 0.555. The second kappa shape index (κ2) is 3.79. The minimum Gasteiger partial charge on any atom is -0.379 e. The Balaban J connectivity index is 1.86. The first-order chi connectivity index (χ1) is 7.83. The lowest BCUT2D eigenvalue weighted by Crippen LogP contribution is -2.23. The fourth-order valence-corrected chi connectivity index (χ4v) is 2.36. The molecule has 1 aromatic carbocycles. The van der Waals surface area contributed by atoms with Crippen LogP contribution in [0, 0.1) is 0 Å². The van der Waals surface area contributed by atoms with Crippen molar-refractivity contribution >= 4 is 16.6 Å². The van der Waals surface area contributed by atoms with Gasteiger partial charge in [-0.2, -0.15) is 5.10 Å².